The first kappa shape index (κ1) is 31.8. The first-order chi connectivity index (χ1) is 20.7. The second-order valence-electron chi connectivity index (χ2n) is 13.5. The lowest BCUT2D eigenvalue weighted by Gasteiger charge is -2.49. The highest BCUT2D eigenvalue weighted by atomic mass is 35.5. The number of benzene rings is 2. The van der Waals surface area contributed by atoms with Gasteiger partial charge in [-0.1, -0.05) is 51.4 Å². The van der Waals surface area contributed by atoms with E-state index in [-0.39, 0.29) is 34.6 Å². The van der Waals surface area contributed by atoms with Gasteiger partial charge in [-0.3, -0.25) is 9.59 Å². The van der Waals surface area contributed by atoms with Crippen molar-refractivity contribution in [3.8, 4) is 11.5 Å². The van der Waals surface area contributed by atoms with E-state index >= 15 is 0 Å². The molecule has 3 aliphatic rings. The van der Waals surface area contributed by atoms with Gasteiger partial charge in [0.15, 0.2) is 23.1 Å². The van der Waals surface area contributed by atoms with Gasteiger partial charge in [-0.05, 0) is 59.1 Å². The molecule has 0 radical (unpaired) electrons. The van der Waals surface area contributed by atoms with Gasteiger partial charge in [0.25, 0.3) is 0 Å². The van der Waals surface area contributed by atoms with Gasteiger partial charge in [-0.2, -0.15) is 0 Å². The molecule has 0 atom stereocenters. The van der Waals surface area contributed by atoms with E-state index in [0.29, 0.717) is 72.1 Å². The summed E-state index contributed by atoms with van der Waals surface area (Å²) in [5, 5.41) is 9.47. The van der Waals surface area contributed by atoms with Crippen LogP contribution in [0, 0.1) is 10.8 Å². The summed E-state index contributed by atoms with van der Waals surface area (Å²) >= 11 is 6.86. The van der Waals surface area contributed by atoms with Crippen molar-refractivity contribution < 1.29 is 33.7 Å². The number of hydrogen-bond donors (Lipinski definition) is 1. The van der Waals surface area contributed by atoms with E-state index in [9.17, 15) is 19.5 Å². The van der Waals surface area contributed by atoms with Gasteiger partial charge in [0.2, 0.25) is 0 Å². The molecule has 2 aromatic rings. The minimum atomic E-state index is -1.00. The Morgan fingerprint density at radius 2 is 1.50 bits per heavy atom. The summed E-state index contributed by atoms with van der Waals surface area (Å²) in [5.41, 5.74) is 4.41. The van der Waals surface area contributed by atoms with E-state index in [1.54, 1.807) is 25.3 Å². The van der Waals surface area contributed by atoms with Crippen molar-refractivity contribution in [1.82, 2.24) is 4.90 Å². The predicted octanol–water partition coefficient (Wildman–Crippen LogP) is 6.96. The Morgan fingerprint density at radius 3 is 2.00 bits per heavy atom. The molecule has 0 spiro atoms. The van der Waals surface area contributed by atoms with Crippen LogP contribution in [0.5, 0.6) is 11.5 Å². The van der Waals surface area contributed by atoms with Gasteiger partial charge in [-0.15, -0.1) is 0 Å². The second-order valence-corrected chi connectivity index (χ2v) is 13.9. The van der Waals surface area contributed by atoms with Crippen molar-refractivity contribution in [2.24, 2.45) is 10.8 Å². The number of rotatable bonds is 9. The predicted molar refractivity (Wildman–Crippen MR) is 167 cm³/mol. The molecule has 0 unspecified atom stereocenters. The molecule has 1 heterocycles. The summed E-state index contributed by atoms with van der Waals surface area (Å²) in [5.74, 6) is -0.795. The first-order valence-corrected chi connectivity index (χ1v) is 15.2. The normalized spacial score (nSPS) is 19.6. The van der Waals surface area contributed by atoms with Gasteiger partial charge in [0, 0.05) is 55.0 Å². The minimum Gasteiger partial charge on any atom is -0.493 e. The number of ether oxygens (including phenoxy) is 3. The van der Waals surface area contributed by atoms with Crippen LogP contribution in [0.2, 0.25) is 5.02 Å². The number of aromatic carboxylic acids is 1. The molecule has 1 aliphatic heterocycles. The number of carbonyl (C=O) groups is 3. The van der Waals surface area contributed by atoms with Crippen molar-refractivity contribution in [3.63, 3.8) is 0 Å². The monoisotopic (exact) mass is 621 g/mol. The highest BCUT2D eigenvalue weighted by molar-refractivity contribution is 6.32. The maximum absolute atomic E-state index is 14.0. The lowest BCUT2D eigenvalue weighted by Crippen LogP contribution is -2.45. The quantitative estimate of drug-likeness (QED) is 0.321. The molecule has 0 saturated carbocycles. The minimum absolute atomic E-state index is 0.0353. The second kappa shape index (κ2) is 12.1. The molecule has 0 amide bonds. The third kappa shape index (κ3) is 6.15. The largest absolute Gasteiger partial charge is 0.493 e. The Bertz CT molecular complexity index is 1510. The molecule has 0 aromatic heterocycles. The van der Waals surface area contributed by atoms with Gasteiger partial charge in [0.1, 0.15) is 6.61 Å². The lowest BCUT2D eigenvalue weighted by molar-refractivity contribution is -0.119. The van der Waals surface area contributed by atoms with Gasteiger partial charge in [0.05, 0.1) is 24.3 Å². The topological polar surface area (TPSA) is 102 Å². The molecule has 5 rings (SSSR count). The van der Waals surface area contributed by atoms with E-state index in [2.05, 4.69) is 32.6 Å². The molecule has 2 aromatic carbocycles. The molecule has 0 saturated heterocycles. The molecule has 0 bridgehead atoms. The average molecular weight is 622 g/mol. The zero-order valence-electron chi connectivity index (χ0n) is 26.2. The molecule has 8 nitrogen and oxygen atoms in total. The van der Waals surface area contributed by atoms with Crippen LogP contribution in [0.15, 0.2) is 58.9 Å². The standard InChI is InChI=1S/C35H40ClNO7/c1-34(2)15-24-30(26(38)17-34)29(31-25(37(24)11-12-42-5)16-35(3,4)18-27(31)39)22-13-23(36)32(28(14-22)43-6)44-19-20-7-9-21(10-8-20)33(40)41/h7-10,13-14,29H,11-12,15-19H2,1-6H3,(H,40,41). The van der Waals surface area contributed by atoms with Crippen LogP contribution in [0.25, 0.3) is 0 Å². The summed E-state index contributed by atoms with van der Waals surface area (Å²) < 4.78 is 17.3. The summed E-state index contributed by atoms with van der Waals surface area (Å²) in [7, 11) is 3.18. The van der Waals surface area contributed by atoms with E-state index in [4.69, 9.17) is 25.8 Å². The molecular formula is C35H40ClNO7. The number of carbonyl (C=O) groups excluding carboxylic acids is 2. The van der Waals surface area contributed by atoms with Crippen LogP contribution in [-0.2, 0) is 20.9 Å². The van der Waals surface area contributed by atoms with Crippen LogP contribution in [0.4, 0.5) is 0 Å². The number of carboxylic acid groups (broad SMARTS) is 1. The Morgan fingerprint density at radius 1 is 0.932 bits per heavy atom. The van der Waals surface area contributed by atoms with Crippen LogP contribution in [0.1, 0.15) is 80.8 Å². The van der Waals surface area contributed by atoms with Crippen molar-refractivity contribution >= 4 is 29.1 Å². The Labute approximate surface area is 263 Å². The third-order valence-corrected chi connectivity index (χ3v) is 8.99. The summed E-state index contributed by atoms with van der Waals surface area (Å²) in [4.78, 5) is 41.4. The van der Waals surface area contributed by atoms with Crippen LogP contribution in [0.3, 0.4) is 0 Å². The molecule has 2 aliphatic carbocycles. The highest BCUT2D eigenvalue weighted by Crippen LogP contribution is 2.55. The SMILES string of the molecule is COCCN1C2=C(C(=O)CC(C)(C)C2)C(c2cc(Cl)c(OCc3ccc(C(=O)O)cc3)c(OC)c2)C2=C1CC(C)(C)CC2=O. The van der Waals surface area contributed by atoms with Gasteiger partial charge < -0.3 is 24.2 Å². The number of Topliss-reactive ketones (excluding diaryl/α,β-unsaturated/α-hetero) is 2. The fourth-order valence-electron chi connectivity index (χ4n) is 6.78. The first-order valence-electron chi connectivity index (χ1n) is 14.9. The number of nitrogens with zero attached hydrogens (tertiary/aromatic N) is 1. The van der Waals surface area contributed by atoms with E-state index < -0.39 is 11.9 Å². The summed E-state index contributed by atoms with van der Waals surface area (Å²) in [6, 6.07) is 10.00. The van der Waals surface area contributed by atoms with Crippen LogP contribution >= 0.6 is 11.6 Å². The molecule has 234 valence electrons. The smallest absolute Gasteiger partial charge is 0.335 e. The highest BCUT2D eigenvalue weighted by Gasteiger charge is 2.49. The molecule has 9 heteroatoms. The van der Waals surface area contributed by atoms with Crippen molar-refractivity contribution in [1.29, 1.82) is 0 Å². The third-order valence-electron chi connectivity index (χ3n) is 8.71. The van der Waals surface area contributed by atoms with Crippen molar-refractivity contribution in [2.75, 3.05) is 27.4 Å². The number of ketones is 2. The molecule has 1 N–H and O–H groups in total. The Balaban J connectivity index is 1.61. The van der Waals surface area contributed by atoms with Crippen LogP contribution < -0.4 is 9.47 Å². The Hall–Kier alpha value is -3.62. The summed E-state index contributed by atoms with van der Waals surface area (Å²) in [6.45, 7) is 9.60. The van der Waals surface area contributed by atoms with Crippen molar-refractivity contribution in [2.45, 2.75) is 65.9 Å². The molecule has 44 heavy (non-hydrogen) atoms. The zero-order chi connectivity index (χ0) is 32.0. The molecular weight excluding hydrogens is 582 g/mol. The number of hydrogen-bond acceptors (Lipinski definition) is 7. The van der Waals surface area contributed by atoms with Crippen LogP contribution in [-0.4, -0.2) is 54.9 Å². The summed E-state index contributed by atoms with van der Waals surface area (Å²) in [6.07, 6.45) is 2.17. The average Bonchev–Trinajstić information content (AvgIpc) is 2.93. The number of carboxylic acids is 1. The maximum Gasteiger partial charge on any atom is 0.335 e. The van der Waals surface area contributed by atoms with E-state index in [1.165, 1.54) is 19.2 Å². The fourth-order valence-corrected chi connectivity index (χ4v) is 7.05. The van der Waals surface area contributed by atoms with Gasteiger partial charge >= 0.3 is 5.97 Å². The maximum atomic E-state index is 14.0. The zero-order valence-corrected chi connectivity index (χ0v) is 27.0. The number of allylic oxidation sites excluding steroid dienone is 4. The van der Waals surface area contributed by atoms with Gasteiger partial charge in [-0.25, -0.2) is 4.79 Å². The molecule has 0 fully saturated rings. The Kier molecular flexibility index (Phi) is 8.71. The number of halogens is 1. The van der Waals surface area contributed by atoms with E-state index in [0.717, 1.165) is 17.0 Å². The lowest BCUT2D eigenvalue weighted by atomic mass is 9.63. The van der Waals surface area contributed by atoms with E-state index in [1.807, 2.05) is 6.07 Å². The fraction of sp³-hybridized carbons (Fsp3) is 0.457. The number of methoxy groups -OCH3 is 2. The van der Waals surface area contributed by atoms with Crippen molar-refractivity contribution in [3.05, 3.63) is 80.7 Å².